The minimum absolute atomic E-state index is 0.790. The summed E-state index contributed by atoms with van der Waals surface area (Å²) in [7, 11) is 0. The smallest absolute Gasteiger partial charge is 0.115 e. The molecule has 4 nitrogen and oxygen atoms in total. The number of nitrogens with zero attached hydrogens (tertiary/aromatic N) is 4. The van der Waals surface area contributed by atoms with Gasteiger partial charge in [-0.2, -0.15) is 10.2 Å². The average Bonchev–Trinajstić information content (AvgIpc) is 2.21. The zero-order chi connectivity index (χ0) is 8.23. The molecule has 0 aliphatic rings. The number of hydrogen-bond acceptors (Lipinski definition) is 4. The summed E-state index contributed by atoms with van der Waals surface area (Å²) in [5.41, 5.74) is 1.67. The maximum Gasteiger partial charge on any atom is 0.115 e. The molecule has 0 aliphatic heterocycles. The van der Waals surface area contributed by atoms with Crippen molar-refractivity contribution in [2.24, 2.45) is 0 Å². The zero-order valence-corrected chi connectivity index (χ0v) is 6.25. The molecule has 2 aromatic rings. The third-order valence-electron chi connectivity index (χ3n) is 1.43. The predicted molar refractivity (Wildman–Crippen MR) is 43.1 cm³/mol. The Morgan fingerprint density at radius 2 is 1.92 bits per heavy atom. The second kappa shape index (κ2) is 3.04. The highest BCUT2D eigenvalue weighted by Crippen LogP contribution is 2.10. The quantitative estimate of drug-likeness (QED) is 0.619. The fourth-order valence-electron chi connectivity index (χ4n) is 0.887. The standard InChI is InChI=1S/C8H6N4/c1-2-8(12-11-3-1)7-4-9-6-10-5-7/h1-6H. The Bertz CT molecular complexity index is 308. The molecule has 2 heterocycles. The highest BCUT2D eigenvalue weighted by atomic mass is 15.1. The Kier molecular flexibility index (Phi) is 1.74. The summed E-state index contributed by atoms with van der Waals surface area (Å²) >= 11 is 0. The Morgan fingerprint density at radius 3 is 2.58 bits per heavy atom. The van der Waals surface area contributed by atoms with Gasteiger partial charge in [0.05, 0.1) is 5.69 Å². The predicted octanol–water partition coefficient (Wildman–Crippen LogP) is 0.934. The molecule has 0 spiro atoms. The van der Waals surface area contributed by atoms with E-state index in [4.69, 9.17) is 0 Å². The van der Waals surface area contributed by atoms with Crippen LogP contribution in [0.1, 0.15) is 0 Å². The molecule has 0 bridgehead atoms. The summed E-state index contributed by atoms with van der Waals surface area (Å²) in [4.78, 5) is 7.76. The van der Waals surface area contributed by atoms with Crippen LogP contribution in [0.25, 0.3) is 11.3 Å². The molecule has 0 aliphatic carbocycles. The van der Waals surface area contributed by atoms with Crippen molar-refractivity contribution in [3.8, 4) is 11.3 Å². The molecule has 0 atom stereocenters. The topological polar surface area (TPSA) is 51.6 Å². The first-order valence-corrected chi connectivity index (χ1v) is 3.50. The molecule has 0 saturated heterocycles. The molecule has 0 N–H and O–H groups in total. The Hall–Kier alpha value is -1.84. The van der Waals surface area contributed by atoms with E-state index >= 15 is 0 Å². The molecule has 0 unspecified atom stereocenters. The van der Waals surface area contributed by atoms with Gasteiger partial charge in [-0.15, -0.1) is 0 Å². The fourth-order valence-corrected chi connectivity index (χ4v) is 0.887. The largest absolute Gasteiger partial charge is 0.244 e. The second-order valence-corrected chi connectivity index (χ2v) is 2.24. The Balaban J connectivity index is 2.46. The molecule has 0 amide bonds. The van der Waals surface area contributed by atoms with Gasteiger partial charge in [0, 0.05) is 24.2 Å². The molecular formula is C8H6N4. The van der Waals surface area contributed by atoms with E-state index in [1.54, 1.807) is 18.6 Å². The van der Waals surface area contributed by atoms with Crippen molar-refractivity contribution in [1.82, 2.24) is 20.2 Å². The summed E-state index contributed by atoms with van der Waals surface area (Å²) in [5, 5.41) is 7.67. The van der Waals surface area contributed by atoms with Crippen molar-refractivity contribution in [1.29, 1.82) is 0 Å². The van der Waals surface area contributed by atoms with Crippen molar-refractivity contribution in [2.75, 3.05) is 0 Å². The van der Waals surface area contributed by atoms with Gasteiger partial charge in [0.25, 0.3) is 0 Å². The summed E-state index contributed by atoms with van der Waals surface area (Å²) < 4.78 is 0. The van der Waals surface area contributed by atoms with Crippen molar-refractivity contribution >= 4 is 0 Å². The number of hydrogen-bond donors (Lipinski definition) is 0. The summed E-state index contributed by atoms with van der Waals surface area (Å²) in [6, 6.07) is 3.70. The molecule has 0 radical (unpaired) electrons. The molecule has 0 fully saturated rings. The van der Waals surface area contributed by atoms with Crippen LogP contribution in [0.4, 0.5) is 0 Å². The minimum Gasteiger partial charge on any atom is -0.244 e. The van der Waals surface area contributed by atoms with Gasteiger partial charge >= 0.3 is 0 Å². The minimum atomic E-state index is 0.790. The van der Waals surface area contributed by atoms with E-state index in [0.29, 0.717) is 0 Å². The maximum absolute atomic E-state index is 3.92. The first kappa shape index (κ1) is 6.84. The maximum atomic E-state index is 3.92. The summed E-state index contributed by atoms with van der Waals surface area (Å²) in [5.74, 6) is 0. The van der Waals surface area contributed by atoms with Gasteiger partial charge in [-0.3, -0.25) is 0 Å². The summed E-state index contributed by atoms with van der Waals surface area (Å²) in [6.45, 7) is 0. The molecule has 0 aromatic carbocycles. The van der Waals surface area contributed by atoms with E-state index in [-0.39, 0.29) is 0 Å². The highest BCUT2D eigenvalue weighted by Gasteiger charge is 1.96. The van der Waals surface area contributed by atoms with E-state index < -0.39 is 0 Å². The van der Waals surface area contributed by atoms with Crippen molar-refractivity contribution < 1.29 is 0 Å². The highest BCUT2D eigenvalue weighted by molar-refractivity contribution is 5.54. The van der Waals surface area contributed by atoms with Crippen LogP contribution in [0.2, 0.25) is 0 Å². The molecular weight excluding hydrogens is 152 g/mol. The molecule has 0 saturated carbocycles. The van der Waals surface area contributed by atoms with Crippen molar-refractivity contribution in [3.63, 3.8) is 0 Å². The molecule has 58 valence electrons. The van der Waals surface area contributed by atoms with E-state index in [0.717, 1.165) is 11.3 Å². The second-order valence-electron chi connectivity index (χ2n) is 2.24. The first-order valence-electron chi connectivity index (χ1n) is 3.50. The lowest BCUT2D eigenvalue weighted by Gasteiger charge is -1.94. The lowest BCUT2D eigenvalue weighted by atomic mass is 10.2. The zero-order valence-electron chi connectivity index (χ0n) is 6.25. The third-order valence-corrected chi connectivity index (χ3v) is 1.43. The van der Waals surface area contributed by atoms with Crippen LogP contribution in [0.3, 0.4) is 0 Å². The van der Waals surface area contributed by atoms with Gasteiger partial charge in [-0.05, 0) is 12.1 Å². The van der Waals surface area contributed by atoms with Crippen LogP contribution < -0.4 is 0 Å². The van der Waals surface area contributed by atoms with Crippen LogP contribution >= 0.6 is 0 Å². The van der Waals surface area contributed by atoms with Crippen LogP contribution in [-0.4, -0.2) is 20.2 Å². The van der Waals surface area contributed by atoms with Gasteiger partial charge in [0.15, 0.2) is 0 Å². The van der Waals surface area contributed by atoms with Gasteiger partial charge in [0.1, 0.15) is 6.33 Å². The Morgan fingerprint density at radius 1 is 1.08 bits per heavy atom. The fraction of sp³-hybridized carbons (Fsp3) is 0. The van der Waals surface area contributed by atoms with Gasteiger partial charge in [0.2, 0.25) is 0 Å². The van der Waals surface area contributed by atoms with Crippen LogP contribution in [0, 0.1) is 0 Å². The van der Waals surface area contributed by atoms with Crippen molar-refractivity contribution in [2.45, 2.75) is 0 Å². The molecule has 2 aromatic heterocycles. The first-order chi connectivity index (χ1) is 5.97. The van der Waals surface area contributed by atoms with E-state index in [2.05, 4.69) is 20.2 Å². The number of aromatic nitrogens is 4. The van der Waals surface area contributed by atoms with Crippen LogP contribution in [0.5, 0.6) is 0 Å². The number of rotatable bonds is 1. The van der Waals surface area contributed by atoms with E-state index in [1.807, 2.05) is 12.1 Å². The van der Waals surface area contributed by atoms with Gasteiger partial charge in [-0.25, -0.2) is 9.97 Å². The average molecular weight is 158 g/mol. The summed E-state index contributed by atoms with van der Waals surface area (Å²) in [6.07, 6.45) is 6.53. The van der Waals surface area contributed by atoms with Crippen molar-refractivity contribution in [3.05, 3.63) is 37.1 Å². The monoisotopic (exact) mass is 158 g/mol. The lowest BCUT2D eigenvalue weighted by Crippen LogP contribution is -1.86. The lowest BCUT2D eigenvalue weighted by molar-refractivity contribution is 1.03. The SMILES string of the molecule is c1cnnc(-c2cncnc2)c1. The van der Waals surface area contributed by atoms with Gasteiger partial charge in [-0.1, -0.05) is 0 Å². The third kappa shape index (κ3) is 1.27. The van der Waals surface area contributed by atoms with Crippen LogP contribution in [0.15, 0.2) is 37.1 Å². The van der Waals surface area contributed by atoms with Crippen LogP contribution in [-0.2, 0) is 0 Å². The molecule has 2 rings (SSSR count). The normalized spacial score (nSPS) is 9.67. The Labute approximate surface area is 69.3 Å². The van der Waals surface area contributed by atoms with E-state index in [1.165, 1.54) is 6.33 Å². The van der Waals surface area contributed by atoms with Gasteiger partial charge < -0.3 is 0 Å². The molecule has 4 heteroatoms. The molecule has 12 heavy (non-hydrogen) atoms. The van der Waals surface area contributed by atoms with E-state index in [9.17, 15) is 0 Å².